The van der Waals surface area contributed by atoms with Gasteiger partial charge in [-0.25, -0.2) is 0 Å². The maximum Gasteiger partial charge on any atom is 0.251 e. The van der Waals surface area contributed by atoms with Gasteiger partial charge >= 0.3 is 0 Å². The molecule has 0 aromatic heterocycles. The van der Waals surface area contributed by atoms with Crippen molar-refractivity contribution in [3.05, 3.63) is 47.5 Å². The quantitative estimate of drug-likeness (QED) is 0.636. The van der Waals surface area contributed by atoms with Gasteiger partial charge in [0, 0.05) is 56.5 Å². The molecule has 0 bridgehead atoms. The van der Waals surface area contributed by atoms with Crippen molar-refractivity contribution in [2.45, 2.75) is 51.7 Å². The summed E-state index contributed by atoms with van der Waals surface area (Å²) in [4.78, 5) is 29.5. The molecule has 2 aromatic carbocycles. The number of fused-ring (bicyclic) bond motifs is 1. The molecule has 5 rings (SSSR count). The molecule has 0 atom stereocenters. The first kappa shape index (κ1) is 24.6. The lowest BCUT2D eigenvalue weighted by Gasteiger charge is -2.33. The summed E-state index contributed by atoms with van der Waals surface area (Å²) in [5.41, 5.74) is 3.84. The maximum atomic E-state index is 12.7. The van der Waals surface area contributed by atoms with Crippen molar-refractivity contribution in [1.82, 2.24) is 9.80 Å². The zero-order chi connectivity index (χ0) is 25.1. The van der Waals surface area contributed by atoms with E-state index in [0.29, 0.717) is 18.8 Å². The highest BCUT2D eigenvalue weighted by Gasteiger charge is 2.42. The fourth-order valence-electron chi connectivity index (χ4n) is 5.25. The van der Waals surface area contributed by atoms with E-state index in [4.69, 9.17) is 9.47 Å². The van der Waals surface area contributed by atoms with Crippen LogP contribution in [0.1, 0.15) is 43.2 Å². The van der Waals surface area contributed by atoms with Crippen LogP contribution in [0.25, 0.3) is 0 Å². The molecule has 192 valence electrons. The van der Waals surface area contributed by atoms with Gasteiger partial charge in [0.1, 0.15) is 0 Å². The number of hydrogen-bond acceptors (Lipinski definition) is 6. The summed E-state index contributed by atoms with van der Waals surface area (Å²) in [6, 6.07) is 11.6. The Hall–Kier alpha value is -3.10. The normalized spacial score (nSPS) is 19.3. The van der Waals surface area contributed by atoms with Gasteiger partial charge in [0.25, 0.3) is 5.79 Å². The van der Waals surface area contributed by atoms with Crippen LogP contribution in [0.2, 0.25) is 0 Å². The van der Waals surface area contributed by atoms with Crippen LogP contribution in [0, 0.1) is 13.8 Å². The molecule has 36 heavy (non-hydrogen) atoms. The Balaban J connectivity index is 1.06. The van der Waals surface area contributed by atoms with Gasteiger partial charge in [-0.1, -0.05) is 18.6 Å². The number of nitrogens with one attached hydrogen (secondary N) is 2. The molecule has 2 heterocycles. The van der Waals surface area contributed by atoms with Gasteiger partial charge in [-0.2, -0.15) is 0 Å². The molecule has 1 aliphatic carbocycles. The largest absolute Gasteiger partial charge is 0.448 e. The summed E-state index contributed by atoms with van der Waals surface area (Å²) in [5, 5.41) is 6.03. The van der Waals surface area contributed by atoms with Crippen molar-refractivity contribution < 1.29 is 19.1 Å². The number of piperazine rings is 1. The van der Waals surface area contributed by atoms with Crippen LogP contribution in [0.4, 0.5) is 11.4 Å². The van der Waals surface area contributed by atoms with E-state index >= 15 is 0 Å². The minimum absolute atomic E-state index is 0.00675. The minimum Gasteiger partial charge on any atom is -0.448 e. The van der Waals surface area contributed by atoms with E-state index in [9.17, 15) is 9.59 Å². The van der Waals surface area contributed by atoms with Gasteiger partial charge in [0.15, 0.2) is 11.5 Å². The first-order valence-electron chi connectivity index (χ1n) is 13.0. The predicted octanol–water partition coefficient (Wildman–Crippen LogP) is 3.93. The highest BCUT2D eigenvalue weighted by Crippen LogP contribution is 2.46. The zero-order valence-electron chi connectivity index (χ0n) is 21.3. The fraction of sp³-hybridized carbons (Fsp3) is 0.500. The lowest BCUT2D eigenvalue weighted by molar-refractivity contribution is -0.120. The third-order valence-electron chi connectivity index (χ3n) is 7.51. The molecule has 2 fully saturated rings. The van der Waals surface area contributed by atoms with Crippen LogP contribution in [-0.2, 0) is 9.59 Å². The monoisotopic (exact) mass is 492 g/mol. The molecule has 0 unspecified atom stereocenters. The minimum atomic E-state index is -0.515. The standard InChI is InChI=1S/C28H36N4O4/c1-20-7-6-8-23(21(20)2)30-27(34)19-32-15-13-31(14-16-32)18-26(33)29-22-9-10-24-25(17-22)36-28(35-24)11-4-3-5-12-28/h6-10,17H,3-5,11-16,18-19H2,1-2H3,(H,29,33)(H,30,34). The Bertz CT molecular complexity index is 1120. The Morgan fingerprint density at radius 1 is 0.833 bits per heavy atom. The molecule has 1 saturated heterocycles. The van der Waals surface area contributed by atoms with E-state index in [0.717, 1.165) is 80.1 Å². The van der Waals surface area contributed by atoms with Gasteiger partial charge < -0.3 is 20.1 Å². The molecule has 2 amide bonds. The topological polar surface area (TPSA) is 83.1 Å². The SMILES string of the molecule is Cc1cccc(NC(=O)CN2CCN(CC(=O)Nc3ccc4c(c3)OC3(CCCCC3)O4)CC2)c1C. The first-order valence-corrected chi connectivity index (χ1v) is 13.0. The van der Waals surface area contributed by atoms with Crippen LogP contribution >= 0.6 is 0 Å². The highest BCUT2D eigenvalue weighted by molar-refractivity contribution is 5.93. The van der Waals surface area contributed by atoms with Gasteiger partial charge in [0.2, 0.25) is 11.8 Å². The van der Waals surface area contributed by atoms with Gasteiger partial charge in [-0.05, 0) is 56.0 Å². The average molecular weight is 493 g/mol. The average Bonchev–Trinajstić information content (AvgIpc) is 3.20. The lowest BCUT2D eigenvalue weighted by atomic mass is 9.94. The van der Waals surface area contributed by atoms with Gasteiger partial charge in [-0.15, -0.1) is 0 Å². The third kappa shape index (κ3) is 5.65. The van der Waals surface area contributed by atoms with Crippen LogP contribution in [0.15, 0.2) is 36.4 Å². The molecule has 1 saturated carbocycles. The number of amides is 2. The van der Waals surface area contributed by atoms with Crippen molar-refractivity contribution in [3.63, 3.8) is 0 Å². The number of hydrogen-bond donors (Lipinski definition) is 2. The Kier molecular flexibility index (Phi) is 7.16. The van der Waals surface area contributed by atoms with E-state index in [1.807, 2.05) is 50.2 Å². The molecular weight excluding hydrogens is 456 g/mol. The first-order chi connectivity index (χ1) is 17.4. The molecule has 2 N–H and O–H groups in total. The van der Waals surface area contributed by atoms with Gasteiger partial charge in [-0.3, -0.25) is 19.4 Å². The van der Waals surface area contributed by atoms with Crippen molar-refractivity contribution in [1.29, 1.82) is 0 Å². The molecule has 0 radical (unpaired) electrons. The maximum absolute atomic E-state index is 12.7. The number of rotatable bonds is 6. The molecule has 8 nitrogen and oxygen atoms in total. The predicted molar refractivity (Wildman–Crippen MR) is 140 cm³/mol. The zero-order valence-corrected chi connectivity index (χ0v) is 21.3. The second kappa shape index (κ2) is 10.5. The number of nitrogens with zero attached hydrogens (tertiary/aromatic N) is 2. The summed E-state index contributed by atoms with van der Waals surface area (Å²) in [6.45, 7) is 7.72. The number of ether oxygens (including phenoxy) is 2. The van der Waals surface area contributed by atoms with Crippen molar-refractivity contribution in [2.24, 2.45) is 0 Å². The van der Waals surface area contributed by atoms with Gasteiger partial charge in [0.05, 0.1) is 13.1 Å². The fourth-order valence-corrected chi connectivity index (χ4v) is 5.25. The van der Waals surface area contributed by atoms with Crippen molar-refractivity contribution in [2.75, 3.05) is 49.9 Å². The molecule has 1 spiro atoms. The second-order valence-corrected chi connectivity index (χ2v) is 10.2. The van der Waals surface area contributed by atoms with Crippen LogP contribution in [0.5, 0.6) is 11.5 Å². The number of aryl methyl sites for hydroxylation is 1. The molecule has 2 aromatic rings. The Labute approximate surface area is 212 Å². The van der Waals surface area contributed by atoms with E-state index < -0.39 is 5.79 Å². The van der Waals surface area contributed by atoms with E-state index in [1.165, 1.54) is 6.42 Å². The molecule has 8 heteroatoms. The van der Waals surface area contributed by atoms with Crippen LogP contribution < -0.4 is 20.1 Å². The van der Waals surface area contributed by atoms with Crippen molar-refractivity contribution in [3.8, 4) is 11.5 Å². The number of benzene rings is 2. The van der Waals surface area contributed by atoms with E-state index in [2.05, 4.69) is 20.4 Å². The van der Waals surface area contributed by atoms with E-state index in [-0.39, 0.29) is 11.8 Å². The highest BCUT2D eigenvalue weighted by atomic mass is 16.7. The van der Waals surface area contributed by atoms with E-state index in [1.54, 1.807) is 0 Å². The van der Waals surface area contributed by atoms with Crippen LogP contribution in [0.3, 0.4) is 0 Å². The summed E-state index contributed by atoms with van der Waals surface area (Å²) in [6.07, 6.45) is 5.26. The van der Waals surface area contributed by atoms with Crippen LogP contribution in [-0.4, -0.2) is 66.7 Å². The summed E-state index contributed by atoms with van der Waals surface area (Å²) < 4.78 is 12.3. The smallest absolute Gasteiger partial charge is 0.251 e. The summed E-state index contributed by atoms with van der Waals surface area (Å²) >= 11 is 0. The van der Waals surface area contributed by atoms with Crippen molar-refractivity contribution >= 4 is 23.2 Å². The second-order valence-electron chi connectivity index (χ2n) is 10.2. The lowest BCUT2D eigenvalue weighted by Crippen LogP contribution is -2.50. The summed E-state index contributed by atoms with van der Waals surface area (Å²) in [7, 11) is 0. The Morgan fingerprint density at radius 2 is 1.47 bits per heavy atom. The number of anilines is 2. The molecule has 3 aliphatic rings. The molecular formula is C28H36N4O4. The summed E-state index contributed by atoms with van der Waals surface area (Å²) in [5.74, 6) is 0.892. The number of carbonyl (C=O) groups is 2. The number of carbonyl (C=O) groups excluding carboxylic acids is 2. The third-order valence-corrected chi connectivity index (χ3v) is 7.51. The molecule has 2 aliphatic heterocycles. The Morgan fingerprint density at radius 3 is 2.17 bits per heavy atom.